The van der Waals surface area contributed by atoms with Crippen LogP contribution in [-0.4, -0.2) is 27.9 Å². The van der Waals surface area contributed by atoms with Crippen LogP contribution in [0.5, 0.6) is 0 Å². The van der Waals surface area contributed by atoms with Crippen molar-refractivity contribution in [2.45, 2.75) is 18.1 Å². The maximum absolute atomic E-state index is 11.2. The number of nitrogens with one attached hydrogen (secondary N) is 1. The average Bonchev–Trinajstić information content (AvgIpc) is 2.92. The van der Waals surface area contributed by atoms with E-state index in [-0.39, 0.29) is 6.42 Å². The molecule has 0 atom stereocenters. The summed E-state index contributed by atoms with van der Waals surface area (Å²) >= 11 is 7.38. The number of imide groups is 1. The van der Waals surface area contributed by atoms with Crippen LogP contribution in [0.1, 0.15) is 12.8 Å². The van der Waals surface area contributed by atoms with Gasteiger partial charge in [0, 0.05) is 12.2 Å². The van der Waals surface area contributed by atoms with Gasteiger partial charge in [0.05, 0.1) is 10.6 Å². The summed E-state index contributed by atoms with van der Waals surface area (Å²) in [5.74, 6) is 0.533. The van der Waals surface area contributed by atoms with Crippen LogP contribution in [-0.2, 0) is 4.79 Å². The summed E-state index contributed by atoms with van der Waals surface area (Å²) in [6.07, 6.45) is 0.745. The minimum Gasteiger partial charge on any atom is -0.411 e. The van der Waals surface area contributed by atoms with Gasteiger partial charge in [0.25, 0.3) is 5.22 Å². The standard InChI is InChI=1S/C13H13ClN4O3S/c14-9-5-2-1-4-8(9)11-17-18-13(21-11)22-7-3-6-10(19)16-12(15)20/h1-2,4-5H,3,6-7H2,(H3,15,16,19,20). The van der Waals surface area contributed by atoms with Gasteiger partial charge in [-0.1, -0.05) is 35.5 Å². The second-order valence-electron chi connectivity index (χ2n) is 4.22. The molecule has 1 heterocycles. The molecule has 9 heteroatoms. The SMILES string of the molecule is NC(=O)NC(=O)CCCSc1nnc(-c2ccccc2Cl)o1. The molecule has 0 unspecified atom stereocenters. The maximum atomic E-state index is 11.2. The summed E-state index contributed by atoms with van der Waals surface area (Å²) in [5.41, 5.74) is 5.51. The van der Waals surface area contributed by atoms with Crippen LogP contribution in [0.15, 0.2) is 33.9 Å². The first-order chi connectivity index (χ1) is 10.6. The molecular weight excluding hydrogens is 328 g/mol. The third kappa shape index (κ3) is 4.74. The molecule has 1 aromatic heterocycles. The number of halogens is 1. The minimum atomic E-state index is -0.848. The smallest absolute Gasteiger partial charge is 0.318 e. The second-order valence-corrected chi connectivity index (χ2v) is 5.67. The molecule has 0 aliphatic carbocycles. The lowest BCUT2D eigenvalue weighted by Gasteiger charge is -1.99. The monoisotopic (exact) mass is 340 g/mol. The van der Waals surface area contributed by atoms with E-state index in [2.05, 4.69) is 10.2 Å². The van der Waals surface area contributed by atoms with E-state index in [9.17, 15) is 9.59 Å². The van der Waals surface area contributed by atoms with Crippen molar-refractivity contribution in [2.24, 2.45) is 5.73 Å². The highest BCUT2D eigenvalue weighted by molar-refractivity contribution is 7.99. The number of hydrogen-bond acceptors (Lipinski definition) is 6. The summed E-state index contributed by atoms with van der Waals surface area (Å²) in [5, 5.41) is 10.8. The van der Waals surface area contributed by atoms with Crippen LogP contribution >= 0.6 is 23.4 Å². The van der Waals surface area contributed by atoms with Crippen LogP contribution in [0.2, 0.25) is 5.02 Å². The number of urea groups is 1. The predicted octanol–water partition coefficient (Wildman–Crippen LogP) is 2.46. The Bertz CT molecular complexity index is 677. The number of aromatic nitrogens is 2. The molecule has 116 valence electrons. The summed E-state index contributed by atoms with van der Waals surface area (Å²) in [7, 11) is 0. The van der Waals surface area contributed by atoms with Crippen LogP contribution in [0.25, 0.3) is 11.5 Å². The van der Waals surface area contributed by atoms with E-state index in [0.717, 1.165) is 0 Å². The van der Waals surface area contributed by atoms with Crippen LogP contribution in [0, 0.1) is 0 Å². The zero-order chi connectivity index (χ0) is 15.9. The van der Waals surface area contributed by atoms with Crippen molar-refractivity contribution in [3.05, 3.63) is 29.3 Å². The molecule has 2 rings (SSSR count). The zero-order valence-electron chi connectivity index (χ0n) is 11.4. The van der Waals surface area contributed by atoms with Crippen LogP contribution < -0.4 is 11.1 Å². The lowest BCUT2D eigenvalue weighted by Crippen LogP contribution is -2.34. The van der Waals surface area contributed by atoms with Crippen molar-refractivity contribution in [1.29, 1.82) is 0 Å². The Morgan fingerprint density at radius 1 is 1.32 bits per heavy atom. The first-order valence-corrected chi connectivity index (χ1v) is 7.73. The highest BCUT2D eigenvalue weighted by atomic mass is 35.5. The van der Waals surface area contributed by atoms with Crippen molar-refractivity contribution in [2.75, 3.05) is 5.75 Å². The highest BCUT2D eigenvalue weighted by Gasteiger charge is 2.12. The molecule has 3 amide bonds. The Morgan fingerprint density at radius 3 is 2.82 bits per heavy atom. The summed E-state index contributed by atoms with van der Waals surface area (Å²) in [6.45, 7) is 0. The van der Waals surface area contributed by atoms with Crippen molar-refractivity contribution < 1.29 is 14.0 Å². The molecule has 7 nitrogen and oxygen atoms in total. The quantitative estimate of drug-likeness (QED) is 0.617. The third-order valence-corrected chi connectivity index (χ3v) is 3.78. The van der Waals surface area contributed by atoms with E-state index < -0.39 is 11.9 Å². The number of benzene rings is 1. The summed E-state index contributed by atoms with van der Waals surface area (Å²) in [6, 6.07) is 6.33. The molecule has 0 saturated heterocycles. The Balaban J connectivity index is 1.82. The van der Waals surface area contributed by atoms with Crippen molar-refractivity contribution in [1.82, 2.24) is 15.5 Å². The number of carbonyl (C=O) groups excluding carboxylic acids is 2. The van der Waals surface area contributed by atoms with Gasteiger partial charge >= 0.3 is 6.03 Å². The lowest BCUT2D eigenvalue weighted by atomic mass is 10.2. The largest absolute Gasteiger partial charge is 0.411 e. The molecule has 3 N–H and O–H groups in total. The number of nitrogens with two attached hydrogens (primary N) is 1. The Kier molecular flexibility index (Phi) is 5.79. The lowest BCUT2D eigenvalue weighted by molar-refractivity contribution is -0.119. The molecule has 0 fully saturated rings. The normalized spacial score (nSPS) is 10.4. The molecule has 0 bridgehead atoms. The van der Waals surface area contributed by atoms with E-state index in [0.29, 0.717) is 33.9 Å². The van der Waals surface area contributed by atoms with E-state index in [1.165, 1.54) is 11.8 Å². The Hall–Kier alpha value is -2.06. The van der Waals surface area contributed by atoms with Gasteiger partial charge in [0.1, 0.15) is 0 Å². The molecule has 0 saturated carbocycles. The van der Waals surface area contributed by atoms with Crippen LogP contribution in [0.4, 0.5) is 4.79 Å². The van der Waals surface area contributed by atoms with E-state index in [4.69, 9.17) is 21.8 Å². The van der Waals surface area contributed by atoms with Crippen molar-refractivity contribution >= 4 is 35.3 Å². The number of thioether (sulfide) groups is 1. The molecule has 0 radical (unpaired) electrons. The highest BCUT2D eigenvalue weighted by Crippen LogP contribution is 2.28. The molecule has 1 aromatic carbocycles. The van der Waals surface area contributed by atoms with Gasteiger partial charge in [-0.2, -0.15) is 0 Å². The number of rotatable bonds is 6. The number of amides is 3. The van der Waals surface area contributed by atoms with Crippen molar-refractivity contribution in [3.8, 4) is 11.5 Å². The van der Waals surface area contributed by atoms with Gasteiger partial charge in [-0.3, -0.25) is 10.1 Å². The number of hydrogen-bond donors (Lipinski definition) is 2. The van der Waals surface area contributed by atoms with Gasteiger partial charge in [0.15, 0.2) is 0 Å². The Morgan fingerprint density at radius 2 is 2.09 bits per heavy atom. The first-order valence-electron chi connectivity index (χ1n) is 6.37. The zero-order valence-corrected chi connectivity index (χ0v) is 13.0. The molecule has 2 aromatic rings. The second kappa shape index (κ2) is 7.81. The molecule has 0 aliphatic rings. The number of primary amides is 1. The van der Waals surface area contributed by atoms with Gasteiger partial charge in [-0.15, -0.1) is 10.2 Å². The predicted molar refractivity (Wildman–Crippen MR) is 82.4 cm³/mol. The summed E-state index contributed by atoms with van der Waals surface area (Å²) in [4.78, 5) is 21.7. The fourth-order valence-corrected chi connectivity index (χ4v) is 2.52. The molecular formula is C13H13ClN4O3S. The topological polar surface area (TPSA) is 111 Å². The van der Waals surface area contributed by atoms with Gasteiger partial charge < -0.3 is 10.2 Å². The van der Waals surface area contributed by atoms with Gasteiger partial charge in [-0.25, -0.2) is 4.79 Å². The van der Waals surface area contributed by atoms with E-state index in [1.54, 1.807) is 12.1 Å². The number of nitrogens with zero attached hydrogens (tertiary/aromatic N) is 2. The fraction of sp³-hybridized carbons (Fsp3) is 0.231. The van der Waals surface area contributed by atoms with Gasteiger partial charge in [-0.05, 0) is 18.6 Å². The van der Waals surface area contributed by atoms with Crippen molar-refractivity contribution in [3.63, 3.8) is 0 Å². The average molecular weight is 341 g/mol. The fourth-order valence-electron chi connectivity index (χ4n) is 1.60. The Labute approximate surface area is 135 Å². The first kappa shape index (κ1) is 16.3. The third-order valence-electron chi connectivity index (χ3n) is 2.55. The van der Waals surface area contributed by atoms with Gasteiger partial charge in [0.2, 0.25) is 11.8 Å². The molecule has 0 aliphatic heterocycles. The number of carbonyl (C=O) groups is 2. The van der Waals surface area contributed by atoms with Crippen LogP contribution in [0.3, 0.4) is 0 Å². The molecule has 0 spiro atoms. The molecule has 22 heavy (non-hydrogen) atoms. The minimum absolute atomic E-state index is 0.196. The van der Waals surface area contributed by atoms with E-state index in [1.807, 2.05) is 17.4 Å². The van der Waals surface area contributed by atoms with E-state index >= 15 is 0 Å². The maximum Gasteiger partial charge on any atom is 0.318 e. The summed E-state index contributed by atoms with van der Waals surface area (Å²) < 4.78 is 5.50.